The van der Waals surface area contributed by atoms with E-state index in [1.807, 2.05) is 0 Å². The maximum Gasteiger partial charge on any atom is 0.0325 e. The molecule has 0 radical (unpaired) electrons. The van der Waals surface area contributed by atoms with Crippen LogP contribution in [0.2, 0.25) is 0 Å². The first-order chi connectivity index (χ1) is 8.33. The van der Waals surface area contributed by atoms with Crippen LogP contribution < -0.4 is 0 Å². The maximum atomic E-state index is 2.64. The molecule has 0 fully saturated rings. The highest BCUT2D eigenvalue weighted by molar-refractivity contribution is 5.19. The fourth-order valence-electron chi connectivity index (χ4n) is 2.71. The van der Waals surface area contributed by atoms with Crippen molar-refractivity contribution in [2.75, 3.05) is 6.54 Å². The second-order valence-corrected chi connectivity index (χ2v) is 4.90. The molecule has 0 amide bonds. The highest BCUT2D eigenvalue weighted by atomic mass is 15.2. The van der Waals surface area contributed by atoms with Crippen molar-refractivity contribution < 1.29 is 0 Å². The van der Waals surface area contributed by atoms with Crippen LogP contribution in [0.5, 0.6) is 0 Å². The smallest absolute Gasteiger partial charge is 0.0325 e. The van der Waals surface area contributed by atoms with Crippen molar-refractivity contribution in [1.82, 2.24) is 4.90 Å². The number of nitrogens with zero attached hydrogens (tertiary/aromatic N) is 1. The van der Waals surface area contributed by atoms with Crippen LogP contribution in [0.4, 0.5) is 0 Å². The molecular formula is C16H23N. The molecule has 0 unspecified atom stereocenters. The summed E-state index contributed by atoms with van der Waals surface area (Å²) >= 11 is 0. The van der Waals surface area contributed by atoms with E-state index in [2.05, 4.69) is 61.2 Å². The van der Waals surface area contributed by atoms with E-state index in [1.54, 1.807) is 0 Å². The Hall–Kier alpha value is -1.08. The van der Waals surface area contributed by atoms with Gasteiger partial charge in [-0.2, -0.15) is 0 Å². The molecule has 1 aliphatic heterocycles. The van der Waals surface area contributed by atoms with Gasteiger partial charge in [0.1, 0.15) is 0 Å². The largest absolute Gasteiger partial charge is 0.290 e. The number of rotatable bonds is 4. The van der Waals surface area contributed by atoms with Crippen LogP contribution in [0.25, 0.3) is 0 Å². The topological polar surface area (TPSA) is 3.24 Å². The molecule has 17 heavy (non-hydrogen) atoms. The van der Waals surface area contributed by atoms with Gasteiger partial charge in [-0.1, -0.05) is 55.8 Å². The van der Waals surface area contributed by atoms with Crippen molar-refractivity contribution in [3.8, 4) is 0 Å². The Kier molecular flexibility index (Phi) is 4.38. The van der Waals surface area contributed by atoms with Gasteiger partial charge in [0, 0.05) is 18.6 Å². The summed E-state index contributed by atoms with van der Waals surface area (Å²) in [5.41, 5.74) is 1.43. The first kappa shape index (κ1) is 12.4. The quantitative estimate of drug-likeness (QED) is 0.700. The highest BCUT2D eigenvalue weighted by Gasteiger charge is 2.23. The van der Waals surface area contributed by atoms with Crippen LogP contribution in [0.1, 0.15) is 44.7 Å². The molecule has 0 spiro atoms. The lowest BCUT2D eigenvalue weighted by Crippen LogP contribution is -2.38. The van der Waals surface area contributed by atoms with Gasteiger partial charge in [0.15, 0.2) is 0 Å². The van der Waals surface area contributed by atoms with Gasteiger partial charge in [-0.05, 0) is 25.3 Å². The number of hydrogen-bond acceptors (Lipinski definition) is 1. The minimum Gasteiger partial charge on any atom is -0.290 e. The Morgan fingerprint density at radius 1 is 1.29 bits per heavy atom. The standard InChI is InChI=1S/C16H23N/c1-3-9-16-12-7-8-13-17(16)14(2)15-10-5-4-6-11-15/h4-7,10-12,14,16H,3,8-9,13H2,1-2H3/t14-,16+/m0/s1. The molecule has 0 bridgehead atoms. The Morgan fingerprint density at radius 3 is 2.76 bits per heavy atom. The lowest BCUT2D eigenvalue weighted by Gasteiger charge is -2.37. The first-order valence-electron chi connectivity index (χ1n) is 6.80. The first-order valence-corrected chi connectivity index (χ1v) is 6.80. The van der Waals surface area contributed by atoms with E-state index in [1.165, 1.54) is 31.4 Å². The molecule has 1 heterocycles. The Balaban J connectivity index is 2.12. The van der Waals surface area contributed by atoms with Gasteiger partial charge >= 0.3 is 0 Å². The van der Waals surface area contributed by atoms with Gasteiger partial charge in [0.25, 0.3) is 0 Å². The van der Waals surface area contributed by atoms with Crippen LogP contribution in [0.15, 0.2) is 42.5 Å². The highest BCUT2D eigenvalue weighted by Crippen LogP contribution is 2.27. The molecule has 1 nitrogen and oxygen atoms in total. The molecule has 0 aliphatic carbocycles. The average Bonchev–Trinajstić information content (AvgIpc) is 2.40. The second-order valence-electron chi connectivity index (χ2n) is 4.90. The van der Waals surface area contributed by atoms with Crippen LogP contribution in [-0.4, -0.2) is 17.5 Å². The average molecular weight is 229 g/mol. The zero-order valence-electron chi connectivity index (χ0n) is 11.0. The summed E-state index contributed by atoms with van der Waals surface area (Å²) in [6.07, 6.45) is 8.46. The zero-order chi connectivity index (χ0) is 12.1. The zero-order valence-corrected chi connectivity index (χ0v) is 11.0. The van der Waals surface area contributed by atoms with Gasteiger partial charge in [-0.3, -0.25) is 4.90 Å². The molecule has 0 aromatic heterocycles. The third kappa shape index (κ3) is 2.98. The Bertz CT molecular complexity index is 355. The molecule has 1 aromatic rings. The van der Waals surface area contributed by atoms with E-state index < -0.39 is 0 Å². The summed E-state index contributed by atoms with van der Waals surface area (Å²) in [6, 6.07) is 12.0. The number of benzene rings is 1. The molecule has 0 saturated carbocycles. The van der Waals surface area contributed by atoms with Crippen LogP contribution in [-0.2, 0) is 0 Å². The summed E-state index contributed by atoms with van der Waals surface area (Å²) in [5, 5.41) is 0. The molecule has 1 heteroatoms. The molecule has 0 N–H and O–H groups in total. The van der Waals surface area contributed by atoms with Crippen molar-refractivity contribution in [2.45, 2.75) is 45.2 Å². The normalized spacial score (nSPS) is 22.6. The van der Waals surface area contributed by atoms with Crippen molar-refractivity contribution in [3.05, 3.63) is 48.0 Å². The summed E-state index contributed by atoms with van der Waals surface area (Å²) in [7, 11) is 0. The van der Waals surface area contributed by atoms with Crippen molar-refractivity contribution >= 4 is 0 Å². The lowest BCUT2D eigenvalue weighted by atomic mass is 9.99. The monoisotopic (exact) mass is 229 g/mol. The predicted octanol–water partition coefficient (Wildman–Crippen LogP) is 4.18. The minimum atomic E-state index is 0.526. The fraction of sp³-hybridized carbons (Fsp3) is 0.500. The molecule has 1 aliphatic rings. The maximum absolute atomic E-state index is 2.64. The third-order valence-electron chi connectivity index (χ3n) is 3.70. The van der Waals surface area contributed by atoms with Gasteiger partial charge < -0.3 is 0 Å². The van der Waals surface area contributed by atoms with Crippen LogP contribution in [0.3, 0.4) is 0 Å². The predicted molar refractivity (Wildman–Crippen MR) is 74.0 cm³/mol. The van der Waals surface area contributed by atoms with E-state index in [0.717, 1.165) is 0 Å². The van der Waals surface area contributed by atoms with Crippen LogP contribution >= 0.6 is 0 Å². The van der Waals surface area contributed by atoms with Gasteiger partial charge in [-0.25, -0.2) is 0 Å². The van der Waals surface area contributed by atoms with Gasteiger partial charge in [0.05, 0.1) is 0 Å². The van der Waals surface area contributed by atoms with Crippen molar-refractivity contribution in [1.29, 1.82) is 0 Å². The Morgan fingerprint density at radius 2 is 2.06 bits per heavy atom. The van der Waals surface area contributed by atoms with Gasteiger partial charge in [-0.15, -0.1) is 0 Å². The van der Waals surface area contributed by atoms with E-state index >= 15 is 0 Å². The number of hydrogen-bond donors (Lipinski definition) is 0. The second kappa shape index (κ2) is 6.02. The van der Waals surface area contributed by atoms with Crippen LogP contribution in [0, 0.1) is 0 Å². The van der Waals surface area contributed by atoms with E-state index in [-0.39, 0.29) is 0 Å². The van der Waals surface area contributed by atoms with E-state index in [9.17, 15) is 0 Å². The molecule has 2 rings (SSSR count). The molecule has 1 aromatic carbocycles. The molecule has 0 saturated heterocycles. The molecule has 2 atom stereocenters. The fourth-order valence-corrected chi connectivity index (χ4v) is 2.71. The third-order valence-corrected chi connectivity index (χ3v) is 3.70. The summed E-state index contributed by atoms with van der Waals surface area (Å²) < 4.78 is 0. The van der Waals surface area contributed by atoms with Gasteiger partial charge in [0.2, 0.25) is 0 Å². The summed E-state index contributed by atoms with van der Waals surface area (Å²) in [4.78, 5) is 2.64. The molecular weight excluding hydrogens is 206 g/mol. The van der Waals surface area contributed by atoms with Crippen molar-refractivity contribution in [3.63, 3.8) is 0 Å². The SMILES string of the molecule is CCC[C@@H]1C=CCCN1[C@@H](C)c1ccccc1. The van der Waals surface area contributed by atoms with E-state index in [0.29, 0.717) is 12.1 Å². The summed E-state index contributed by atoms with van der Waals surface area (Å²) in [6.45, 7) is 5.79. The molecule has 92 valence electrons. The Labute approximate surface area is 105 Å². The lowest BCUT2D eigenvalue weighted by molar-refractivity contribution is 0.158. The minimum absolute atomic E-state index is 0.526. The van der Waals surface area contributed by atoms with E-state index in [4.69, 9.17) is 0 Å². The van der Waals surface area contributed by atoms with Crippen molar-refractivity contribution in [2.24, 2.45) is 0 Å². The summed E-state index contributed by atoms with van der Waals surface area (Å²) in [5.74, 6) is 0.